The lowest BCUT2D eigenvalue weighted by Crippen LogP contribution is -2.10. The monoisotopic (exact) mass is 1690 g/mol. The number of hydrogen-bond donors (Lipinski definition) is 3. The SMILES string of the molecule is CC(=O)CC(=O)c1c(C)ccc(C)c1[N+](=O)[O-].CSc1c(C)cc(C(C)=O)c(C)c1-c1cc(C)no1.CSc1c(C)ccc(C)c1-c1cc(C)no1.Cc1cc(-c2c(C)c(C(O)O)cc(C)c2S(C)(=O)=O)on1.Cc1cc(-c2c(C)ccc(C)c2[N+](=O)[O-])on1.Cc1ccc(C)c([N+](=O)[O-])c1C(=O)Cl.Cc1ccc(C)c([N+](=O)[O-])c1C(=O)O. The highest BCUT2D eigenvalue weighted by Gasteiger charge is 2.31. The van der Waals surface area contributed by atoms with Gasteiger partial charge < -0.3 is 33.4 Å². The van der Waals surface area contributed by atoms with Gasteiger partial charge in [0, 0.05) is 90.4 Å². The Bertz CT molecular complexity index is 5680. The quantitative estimate of drug-likeness (QED) is 0.0137. The summed E-state index contributed by atoms with van der Waals surface area (Å²) >= 11 is 8.70. The Morgan fingerprint density at radius 2 is 0.763 bits per heavy atom. The Hall–Kier alpha value is -12.0. The fraction of sp³-hybridized carbons (Fsp3) is 0.298. The zero-order chi connectivity index (χ0) is 89.3. The molecule has 624 valence electrons. The van der Waals surface area contributed by atoms with E-state index in [2.05, 4.69) is 52.9 Å². The molecule has 0 aliphatic rings. The maximum Gasteiger partial charge on any atom is 0.343 e. The number of aromatic nitrogens is 4. The molecule has 7 aromatic carbocycles. The Morgan fingerprint density at radius 1 is 0.432 bits per heavy atom. The second-order valence-corrected chi connectivity index (χ2v) is 31.6. The second kappa shape index (κ2) is 41.7. The lowest BCUT2D eigenvalue weighted by atomic mass is 9.95. The maximum absolute atomic E-state index is 12.1. The molecule has 0 saturated heterocycles. The standard InChI is InChI=1S/C15H17NO2S.C14H17NO5S.C13H15NOS.C12H12N2O3.C12H13NO4.C9H8ClNO3.C9H9NO4/c1-8-6-12(11(4)17)10(3)14(15(8)19-5)13-7-9(2)16-18-13;1-7-5-10(14(16)17)9(3)12(13(7)21(4,18)19)11-6-8(2)15-20-11;1-8-5-6-9(2)13(16-4)12(8)11-7-10(3)14-15-11;1-7-4-5-8(2)12(14(15)16)11(7)10-6-9(3)13-17-10;1-7-4-5-8(2)12(13(16)17)11(7)10(15)6-9(3)14;1-5-3-4-6(2)8(11(13)14)7(5)9(10)12;1-5-3-4-6(2)8(10(13)14)7(5)9(11)12/h6-7H,1-5H3;5-6,14,16-17H,1-4H3;5-7H,1-4H3;4-6H,1-3H3;4-5H,6H2,1-3H3;3-4H,1-2H3;3-4H,1-2H3,(H,11,12). The van der Waals surface area contributed by atoms with E-state index in [-0.39, 0.29) is 78.6 Å². The van der Waals surface area contributed by atoms with Gasteiger partial charge in [0.25, 0.3) is 28.0 Å². The van der Waals surface area contributed by atoms with E-state index in [1.165, 1.54) is 48.4 Å². The van der Waals surface area contributed by atoms with Crippen molar-refractivity contribution in [3.63, 3.8) is 0 Å². The number of ketones is 3. The number of nitro groups is 4. The number of hydrogen-bond acceptors (Lipinski definition) is 27. The lowest BCUT2D eigenvalue weighted by Gasteiger charge is -2.17. The average molecular weight is 1700 g/mol. The predicted octanol–water partition coefficient (Wildman–Crippen LogP) is 19.9. The molecule has 0 aliphatic carbocycles. The topological polar surface area (TPSA) is 457 Å². The van der Waals surface area contributed by atoms with Crippen LogP contribution in [0.2, 0.25) is 0 Å². The maximum atomic E-state index is 12.1. The fourth-order valence-corrected chi connectivity index (χ4v) is 15.9. The molecule has 0 amide bonds. The molecule has 11 aromatic rings. The summed E-state index contributed by atoms with van der Waals surface area (Å²) in [6.45, 7) is 34.6. The number of thioether (sulfide) groups is 2. The van der Waals surface area contributed by atoms with Crippen molar-refractivity contribution in [3.8, 4) is 45.3 Å². The summed E-state index contributed by atoms with van der Waals surface area (Å²) in [4.78, 5) is 100. The number of aliphatic hydroxyl groups is 2. The molecule has 118 heavy (non-hydrogen) atoms. The summed E-state index contributed by atoms with van der Waals surface area (Å²) in [5.74, 6) is 0.333. The van der Waals surface area contributed by atoms with E-state index in [9.17, 15) is 83.1 Å². The van der Waals surface area contributed by atoms with Crippen LogP contribution < -0.4 is 0 Å². The van der Waals surface area contributed by atoms with Crippen LogP contribution in [0.25, 0.3) is 45.3 Å². The number of nitrogens with zero attached hydrogens (tertiary/aromatic N) is 8. The minimum Gasteiger partial charge on any atom is -0.477 e. The van der Waals surface area contributed by atoms with Gasteiger partial charge in [-0.25, -0.2) is 13.2 Å². The number of aromatic carboxylic acids is 1. The molecule has 4 heterocycles. The molecule has 0 spiro atoms. The normalized spacial score (nSPS) is 10.7. The van der Waals surface area contributed by atoms with E-state index in [1.54, 1.807) is 147 Å². The number of rotatable bonds is 18. The summed E-state index contributed by atoms with van der Waals surface area (Å²) in [5, 5.41) is 85.8. The third-order valence-electron chi connectivity index (χ3n) is 18.2. The number of carboxylic acids is 1. The van der Waals surface area contributed by atoms with Crippen molar-refractivity contribution < 1.29 is 85.5 Å². The van der Waals surface area contributed by atoms with Crippen LogP contribution >= 0.6 is 35.1 Å². The van der Waals surface area contributed by atoms with E-state index in [0.29, 0.717) is 78.3 Å². The average Bonchev–Trinajstić information content (AvgIpc) is 1.23. The minimum absolute atomic E-state index is 0.0170. The van der Waals surface area contributed by atoms with Crippen LogP contribution in [0.1, 0.15) is 174 Å². The van der Waals surface area contributed by atoms with Crippen LogP contribution in [-0.2, 0) is 14.6 Å². The lowest BCUT2D eigenvalue weighted by molar-refractivity contribution is -0.385. The number of sulfone groups is 1. The molecule has 0 unspecified atom stereocenters. The highest BCUT2D eigenvalue weighted by atomic mass is 35.5. The van der Waals surface area contributed by atoms with Crippen molar-refractivity contribution in [3.05, 3.63) is 266 Å². The summed E-state index contributed by atoms with van der Waals surface area (Å²) in [5.41, 5.74) is 15.7. The van der Waals surface area contributed by atoms with Gasteiger partial charge in [-0.2, -0.15) is 0 Å². The van der Waals surface area contributed by atoms with Gasteiger partial charge in [-0.05, 0) is 230 Å². The van der Waals surface area contributed by atoms with Crippen LogP contribution in [0.5, 0.6) is 0 Å². The van der Waals surface area contributed by atoms with Crippen molar-refractivity contribution in [1.82, 2.24) is 20.6 Å². The first-order chi connectivity index (χ1) is 54.9. The number of benzene rings is 7. The number of aryl methyl sites for hydroxylation is 16. The molecule has 0 bridgehead atoms. The van der Waals surface area contributed by atoms with Gasteiger partial charge in [0.05, 0.1) is 59.3 Å². The van der Waals surface area contributed by atoms with E-state index in [0.717, 1.165) is 61.9 Å². The number of carbonyl (C=O) groups excluding carboxylic acids is 4. The Kier molecular flexibility index (Phi) is 34.1. The van der Waals surface area contributed by atoms with Gasteiger partial charge in [-0.3, -0.25) is 59.6 Å². The summed E-state index contributed by atoms with van der Waals surface area (Å²) in [7, 11) is -3.52. The van der Waals surface area contributed by atoms with Crippen molar-refractivity contribution in [2.24, 2.45) is 0 Å². The number of halogens is 1. The van der Waals surface area contributed by atoms with Gasteiger partial charge in [0.15, 0.2) is 50.7 Å². The molecule has 34 heteroatoms. The Balaban J connectivity index is 0.000000246. The largest absolute Gasteiger partial charge is 0.477 e. The van der Waals surface area contributed by atoms with Crippen molar-refractivity contribution in [2.45, 2.75) is 166 Å². The van der Waals surface area contributed by atoms with Crippen molar-refractivity contribution >= 4 is 96.3 Å². The second-order valence-electron chi connectivity index (χ2n) is 27.6. The molecular weight excluding hydrogens is 1600 g/mol. The smallest absolute Gasteiger partial charge is 0.343 e. The van der Waals surface area contributed by atoms with Crippen LogP contribution in [0.4, 0.5) is 22.7 Å². The highest BCUT2D eigenvalue weighted by Crippen LogP contribution is 2.42. The predicted molar refractivity (Wildman–Crippen MR) is 450 cm³/mol. The van der Waals surface area contributed by atoms with E-state index in [4.69, 9.17) is 34.8 Å². The number of carbonyl (C=O) groups is 5. The molecule has 0 radical (unpaired) electrons. The van der Waals surface area contributed by atoms with Crippen LogP contribution in [-0.4, -0.2) is 111 Å². The van der Waals surface area contributed by atoms with Crippen LogP contribution in [0, 0.1) is 165 Å². The first kappa shape index (κ1) is 96.6. The molecule has 0 atom stereocenters. The van der Waals surface area contributed by atoms with Gasteiger partial charge >= 0.3 is 5.97 Å². The fourth-order valence-electron chi connectivity index (χ4n) is 12.7. The number of carboxylic acid groups (broad SMARTS) is 1. The van der Waals surface area contributed by atoms with E-state index < -0.39 is 47.9 Å². The zero-order valence-corrected chi connectivity index (χ0v) is 72.5. The number of Topliss-reactive ketones (excluding diaryl/α,β-unsaturated/α-hetero) is 3. The van der Waals surface area contributed by atoms with Crippen LogP contribution in [0.3, 0.4) is 0 Å². The molecule has 30 nitrogen and oxygen atoms in total. The van der Waals surface area contributed by atoms with Crippen LogP contribution in [0.15, 0.2) is 130 Å². The molecule has 0 saturated carbocycles. The Labute approximate surface area is 694 Å². The highest BCUT2D eigenvalue weighted by molar-refractivity contribution is 7.99. The van der Waals surface area contributed by atoms with E-state index >= 15 is 0 Å². The Morgan fingerprint density at radius 3 is 1.10 bits per heavy atom. The van der Waals surface area contributed by atoms with E-state index in [1.807, 2.05) is 65.1 Å². The number of aliphatic hydroxyl groups excluding tert-OH is 1. The zero-order valence-electron chi connectivity index (χ0n) is 69.3. The molecule has 0 fully saturated rings. The van der Waals surface area contributed by atoms with Crippen molar-refractivity contribution in [2.75, 3.05) is 18.8 Å². The van der Waals surface area contributed by atoms with Crippen molar-refractivity contribution in [1.29, 1.82) is 0 Å². The van der Waals surface area contributed by atoms with Gasteiger partial charge in [-0.1, -0.05) is 81.3 Å². The third-order valence-corrected chi connectivity index (χ3v) is 21.5. The van der Waals surface area contributed by atoms with Gasteiger partial charge in [-0.15, -0.1) is 23.5 Å². The summed E-state index contributed by atoms with van der Waals surface area (Å²) in [6, 6.07) is 28.1. The minimum atomic E-state index is -3.52. The first-order valence-corrected chi connectivity index (χ1v) is 40.4. The molecular formula is C84H91ClN8O22S3. The summed E-state index contributed by atoms with van der Waals surface area (Å²) in [6.07, 6.45) is 3.23. The molecule has 3 N–H and O–H groups in total. The van der Waals surface area contributed by atoms with Gasteiger partial charge in [0.1, 0.15) is 22.5 Å². The van der Waals surface area contributed by atoms with Gasteiger partial charge in [0.2, 0.25) is 0 Å². The third kappa shape index (κ3) is 23.9. The molecule has 0 aliphatic heterocycles. The summed E-state index contributed by atoms with van der Waals surface area (Å²) < 4.78 is 45.3. The molecule has 4 aromatic heterocycles. The molecule has 11 rings (SSSR count). The number of nitro benzene ring substituents is 4. The first-order valence-electron chi connectivity index (χ1n) is 35.7.